The van der Waals surface area contributed by atoms with Crippen molar-refractivity contribution in [3.05, 3.63) is 57.7 Å². The summed E-state index contributed by atoms with van der Waals surface area (Å²) in [6, 6.07) is 7.73. The molecule has 3 rings (SSSR count). The molecular weight excluding hydrogens is 332 g/mol. The SMILES string of the molecule is Cc1nn(C(F)F)c(C)c1CC(=O)Nc1ccc2oc(=O)ccc2c1. The molecule has 6 nitrogen and oxygen atoms in total. The standard InChI is InChI=1S/C17H15F2N3O3/c1-9-13(10(2)22(21-9)17(18)19)8-15(23)20-12-4-5-14-11(7-12)3-6-16(24)25-14/h3-7,17H,8H2,1-2H3,(H,20,23). The number of hydrogen-bond donors (Lipinski definition) is 1. The number of nitrogens with one attached hydrogen (secondary N) is 1. The molecule has 0 unspecified atom stereocenters. The van der Waals surface area contributed by atoms with Crippen LogP contribution in [-0.2, 0) is 11.2 Å². The summed E-state index contributed by atoms with van der Waals surface area (Å²) in [5.74, 6) is -0.350. The molecule has 3 aromatic rings. The first-order valence-corrected chi connectivity index (χ1v) is 7.51. The first kappa shape index (κ1) is 16.8. The third-order valence-electron chi connectivity index (χ3n) is 3.90. The summed E-state index contributed by atoms with van der Waals surface area (Å²) in [7, 11) is 0. The number of halogens is 2. The van der Waals surface area contributed by atoms with Crippen molar-refractivity contribution in [3.8, 4) is 0 Å². The molecule has 8 heteroatoms. The maximum Gasteiger partial charge on any atom is 0.336 e. The first-order chi connectivity index (χ1) is 11.8. The fourth-order valence-corrected chi connectivity index (χ4v) is 2.66. The maximum absolute atomic E-state index is 12.9. The zero-order valence-electron chi connectivity index (χ0n) is 13.5. The van der Waals surface area contributed by atoms with Crippen LogP contribution in [0.3, 0.4) is 0 Å². The Balaban J connectivity index is 1.79. The Morgan fingerprint density at radius 2 is 2.04 bits per heavy atom. The number of carbonyl (C=O) groups excluding carboxylic acids is 1. The highest BCUT2D eigenvalue weighted by molar-refractivity contribution is 5.94. The van der Waals surface area contributed by atoms with Crippen LogP contribution in [0.1, 0.15) is 23.5 Å². The predicted octanol–water partition coefficient (Wildman–Crippen LogP) is 3.18. The molecule has 0 aliphatic carbocycles. The lowest BCUT2D eigenvalue weighted by atomic mass is 10.1. The Kier molecular flexibility index (Phi) is 4.35. The molecule has 2 heterocycles. The maximum atomic E-state index is 12.9. The second-order valence-electron chi connectivity index (χ2n) is 5.60. The molecule has 0 radical (unpaired) electrons. The molecule has 0 aliphatic heterocycles. The minimum Gasteiger partial charge on any atom is -0.423 e. The number of aromatic nitrogens is 2. The van der Waals surface area contributed by atoms with E-state index in [0.29, 0.717) is 32.6 Å². The van der Waals surface area contributed by atoms with Crippen LogP contribution in [0.5, 0.6) is 0 Å². The number of carbonyl (C=O) groups is 1. The molecule has 1 aromatic carbocycles. The highest BCUT2D eigenvalue weighted by Gasteiger charge is 2.19. The zero-order chi connectivity index (χ0) is 18.1. The van der Waals surface area contributed by atoms with Gasteiger partial charge < -0.3 is 9.73 Å². The van der Waals surface area contributed by atoms with E-state index in [-0.39, 0.29) is 18.0 Å². The van der Waals surface area contributed by atoms with Gasteiger partial charge in [-0.1, -0.05) is 0 Å². The van der Waals surface area contributed by atoms with Crippen molar-refractivity contribution in [2.45, 2.75) is 26.8 Å². The van der Waals surface area contributed by atoms with Crippen molar-refractivity contribution in [2.24, 2.45) is 0 Å². The third kappa shape index (κ3) is 3.42. The highest BCUT2D eigenvalue weighted by atomic mass is 19.3. The van der Waals surface area contributed by atoms with E-state index < -0.39 is 12.2 Å². The van der Waals surface area contributed by atoms with E-state index in [1.54, 1.807) is 31.2 Å². The van der Waals surface area contributed by atoms with E-state index in [1.807, 2.05) is 0 Å². The van der Waals surface area contributed by atoms with Crippen molar-refractivity contribution in [1.29, 1.82) is 0 Å². The molecule has 0 saturated carbocycles. The van der Waals surface area contributed by atoms with Crippen LogP contribution in [0, 0.1) is 13.8 Å². The Morgan fingerprint density at radius 3 is 2.72 bits per heavy atom. The monoisotopic (exact) mass is 347 g/mol. The van der Waals surface area contributed by atoms with Gasteiger partial charge in [0.05, 0.1) is 12.1 Å². The van der Waals surface area contributed by atoms with Crippen LogP contribution in [0.2, 0.25) is 0 Å². The molecule has 0 spiro atoms. The van der Waals surface area contributed by atoms with Crippen LogP contribution in [0.4, 0.5) is 14.5 Å². The predicted molar refractivity (Wildman–Crippen MR) is 87.8 cm³/mol. The number of alkyl halides is 2. The smallest absolute Gasteiger partial charge is 0.336 e. The normalized spacial score (nSPS) is 11.2. The van der Waals surface area contributed by atoms with E-state index in [4.69, 9.17) is 4.42 Å². The third-order valence-corrected chi connectivity index (χ3v) is 3.90. The van der Waals surface area contributed by atoms with Gasteiger partial charge in [0.2, 0.25) is 5.91 Å². The van der Waals surface area contributed by atoms with E-state index in [1.165, 1.54) is 13.0 Å². The number of benzene rings is 1. The van der Waals surface area contributed by atoms with Crippen LogP contribution in [0.25, 0.3) is 11.0 Å². The first-order valence-electron chi connectivity index (χ1n) is 7.51. The van der Waals surface area contributed by atoms with Crippen molar-refractivity contribution in [2.75, 3.05) is 5.32 Å². The van der Waals surface area contributed by atoms with Crippen molar-refractivity contribution < 1.29 is 18.0 Å². The molecule has 0 saturated heterocycles. The Labute approximate surface area is 141 Å². The number of fused-ring (bicyclic) bond motifs is 1. The molecule has 130 valence electrons. The van der Waals surface area contributed by atoms with Gasteiger partial charge in [-0.25, -0.2) is 9.48 Å². The van der Waals surface area contributed by atoms with Gasteiger partial charge in [0.1, 0.15) is 5.58 Å². The number of aryl methyl sites for hydroxylation is 1. The summed E-state index contributed by atoms with van der Waals surface area (Å²) in [5, 5.41) is 7.13. The van der Waals surface area contributed by atoms with Gasteiger partial charge in [0.25, 0.3) is 0 Å². The Morgan fingerprint density at radius 1 is 1.28 bits per heavy atom. The van der Waals surface area contributed by atoms with Crippen molar-refractivity contribution in [3.63, 3.8) is 0 Å². The quantitative estimate of drug-likeness (QED) is 0.736. The van der Waals surface area contributed by atoms with Crippen molar-refractivity contribution >= 4 is 22.6 Å². The lowest BCUT2D eigenvalue weighted by molar-refractivity contribution is -0.115. The number of anilines is 1. The lowest BCUT2D eigenvalue weighted by Crippen LogP contribution is -2.15. The molecular formula is C17H15F2N3O3. The highest BCUT2D eigenvalue weighted by Crippen LogP contribution is 2.21. The van der Waals surface area contributed by atoms with E-state index in [9.17, 15) is 18.4 Å². The van der Waals surface area contributed by atoms with Crippen LogP contribution in [-0.4, -0.2) is 15.7 Å². The van der Waals surface area contributed by atoms with Crippen LogP contribution >= 0.6 is 0 Å². The summed E-state index contributed by atoms with van der Waals surface area (Å²) < 4.78 is 31.3. The van der Waals surface area contributed by atoms with E-state index >= 15 is 0 Å². The second-order valence-corrected chi connectivity index (χ2v) is 5.60. The summed E-state index contributed by atoms with van der Waals surface area (Å²) >= 11 is 0. The van der Waals surface area contributed by atoms with Gasteiger partial charge in [-0.3, -0.25) is 4.79 Å². The lowest BCUT2D eigenvalue weighted by Gasteiger charge is -2.07. The molecule has 0 aliphatic rings. The number of hydrogen-bond acceptors (Lipinski definition) is 4. The molecule has 0 bridgehead atoms. The molecule has 25 heavy (non-hydrogen) atoms. The fourth-order valence-electron chi connectivity index (χ4n) is 2.66. The molecule has 0 atom stereocenters. The van der Waals surface area contributed by atoms with Gasteiger partial charge in [0, 0.05) is 28.4 Å². The summed E-state index contributed by atoms with van der Waals surface area (Å²) in [5.41, 5.74) is 1.62. The molecule has 0 fully saturated rings. The molecule has 1 N–H and O–H groups in total. The van der Waals surface area contributed by atoms with Gasteiger partial charge >= 0.3 is 12.2 Å². The van der Waals surface area contributed by atoms with Crippen LogP contribution in [0.15, 0.2) is 39.5 Å². The van der Waals surface area contributed by atoms with E-state index in [2.05, 4.69) is 10.4 Å². The largest absolute Gasteiger partial charge is 0.423 e. The Bertz CT molecular complexity index is 1010. The van der Waals surface area contributed by atoms with Crippen LogP contribution < -0.4 is 10.9 Å². The zero-order valence-corrected chi connectivity index (χ0v) is 13.5. The number of nitrogens with zero attached hydrogens (tertiary/aromatic N) is 2. The minimum atomic E-state index is -2.74. The average molecular weight is 347 g/mol. The fraction of sp³-hybridized carbons (Fsp3) is 0.235. The van der Waals surface area contributed by atoms with Gasteiger partial charge in [-0.05, 0) is 38.1 Å². The minimum absolute atomic E-state index is 0.0632. The Hall–Kier alpha value is -3.03. The van der Waals surface area contributed by atoms with E-state index in [0.717, 1.165) is 0 Å². The second kappa shape index (κ2) is 6.46. The van der Waals surface area contributed by atoms with Gasteiger partial charge in [0.15, 0.2) is 0 Å². The summed E-state index contributed by atoms with van der Waals surface area (Å²) in [6.07, 6.45) is -0.0632. The van der Waals surface area contributed by atoms with Gasteiger partial charge in [-0.2, -0.15) is 13.9 Å². The molecule has 1 amide bonds. The van der Waals surface area contributed by atoms with Crippen molar-refractivity contribution in [1.82, 2.24) is 9.78 Å². The average Bonchev–Trinajstić information content (AvgIpc) is 2.83. The molecule has 2 aromatic heterocycles. The summed E-state index contributed by atoms with van der Waals surface area (Å²) in [4.78, 5) is 23.4. The van der Waals surface area contributed by atoms with Gasteiger partial charge in [-0.15, -0.1) is 0 Å². The number of rotatable bonds is 4. The number of amides is 1. The topological polar surface area (TPSA) is 77.1 Å². The summed E-state index contributed by atoms with van der Waals surface area (Å²) in [6.45, 7) is 0.352.